The number of amides is 2. The third-order valence-corrected chi connectivity index (χ3v) is 4.84. The highest BCUT2D eigenvalue weighted by molar-refractivity contribution is 8.18. The van der Waals surface area contributed by atoms with Gasteiger partial charge in [-0.3, -0.25) is 14.5 Å². The number of hydrogen-bond donors (Lipinski definition) is 0. The fourth-order valence-corrected chi connectivity index (χ4v) is 3.40. The lowest BCUT2D eigenvalue weighted by Crippen LogP contribution is -2.32. The van der Waals surface area contributed by atoms with Crippen LogP contribution in [0.15, 0.2) is 53.4 Å². The summed E-state index contributed by atoms with van der Waals surface area (Å²) in [6, 6.07) is 14.5. The van der Waals surface area contributed by atoms with Crippen LogP contribution in [-0.2, 0) is 4.79 Å². The Morgan fingerprint density at radius 1 is 1.00 bits per heavy atom. The normalized spacial score (nSPS) is 15.3. The number of rotatable bonds is 7. The first kappa shape index (κ1) is 18.8. The zero-order valence-electron chi connectivity index (χ0n) is 15.0. The molecular weight excluding hydrogens is 366 g/mol. The predicted molar refractivity (Wildman–Crippen MR) is 104 cm³/mol. The second-order valence-corrected chi connectivity index (χ2v) is 6.60. The molecule has 1 aliphatic heterocycles. The van der Waals surface area contributed by atoms with Crippen molar-refractivity contribution >= 4 is 29.0 Å². The molecule has 6 nitrogen and oxygen atoms in total. The molecule has 1 saturated heterocycles. The summed E-state index contributed by atoms with van der Waals surface area (Å²) >= 11 is 0.908. The minimum atomic E-state index is -0.334. The Morgan fingerprint density at radius 2 is 1.78 bits per heavy atom. The second kappa shape index (κ2) is 8.64. The Labute approximate surface area is 161 Å². The predicted octanol–water partition coefficient (Wildman–Crippen LogP) is 3.82. The summed E-state index contributed by atoms with van der Waals surface area (Å²) < 4.78 is 16.1. The molecule has 0 unspecified atom stereocenters. The Morgan fingerprint density at radius 3 is 2.48 bits per heavy atom. The number of hydrogen-bond acceptors (Lipinski definition) is 6. The molecule has 0 saturated carbocycles. The Hall–Kier alpha value is -2.93. The number of benzene rings is 2. The molecule has 7 heteroatoms. The van der Waals surface area contributed by atoms with E-state index in [-0.39, 0.29) is 24.3 Å². The van der Waals surface area contributed by atoms with E-state index in [1.165, 1.54) is 4.90 Å². The second-order valence-electron chi connectivity index (χ2n) is 5.60. The Balaban J connectivity index is 1.69. The molecule has 140 valence electrons. The minimum Gasteiger partial charge on any atom is -0.497 e. The lowest BCUT2D eigenvalue weighted by atomic mass is 10.1. The van der Waals surface area contributed by atoms with Gasteiger partial charge >= 0.3 is 0 Å². The van der Waals surface area contributed by atoms with Gasteiger partial charge in [-0.15, -0.1) is 0 Å². The lowest BCUT2D eigenvalue weighted by molar-refractivity contribution is -0.123. The van der Waals surface area contributed by atoms with Crippen LogP contribution in [0.4, 0.5) is 4.79 Å². The maximum atomic E-state index is 12.6. The molecule has 1 aliphatic rings. The number of ether oxygens (including phenoxy) is 3. The molecule has 0 bridgehead atoms. The fraction of sp³-hybridized carbons (Fsp3) is 0.200. The molecule has 3 rings (SSSR count). The highest BCUT2D eigenvalue weighted by Gasteiger charge is 2.35. The SMILES string of the molecule is COc1ccc(/C=C2\SC(=O)N(CCOc3ccccc3)C2=O)c(OC)c1. The van der Waals surface area contributed by atoms with Crippen molar-refractivity contribution in [2.24, 2.45) is 0 Å². The van der Waals surface area contributed by atoms with Gasteiger partial charge in [0.2, 0.25) is 0 Å². The van der Waals surface area contributed by atoms with Gasteiger partial charge in [0.25, 0.3) is 11.1 Å². The van der Waals surface area contributed by atoms with E-state index in [9.17, 15) is 9.59 Å². The first-order chi connectivity index (χ1) is 13.1. The molecule has 1 heterocycles. The van der Waals surface area contributed by atoms with Crippen molar-refractivity contribution in [1.82, 2.24) is 4.90 Å². The van der Waals surface area contributed by atoms with Crippen molar-refractivity contribution in [1.29, 1.82) is 0 Å². The standard InChI is InChI=1S/C20H19NO5S/c1-24-16-9-8-14(17(13-16)25-2)12-18-19(22)21(20(23)27-18)10-11-26-15-6-4-3-5-7-15/h3-9,12-13H,10-11H2,1-2H3/b18-12-. The van der Waals surface area contributed by atoms with Crippen LogP contribution in [-0.4, -0.2) is 43.4 Å². The van der Waals surface area contributed by atoms with E-state index in [0.717, 1.165) is 11.8 Å². The number of nitrogens with zero attached hydrogens (tertiary/aromatic N) is 1. The summed E-state index contributed by atoms with van der Waals surface area (Å²) in [4.78, 5) is 26.3. The van der Waals surface area contributed by atoms with Gasteiger partial charge in [0.15, 0.2) is 0 Å². The summed E-state index contributed by atoms with van der Waals surface area (Å²) in [6.07, 6.45) is 1.65. The Kier molecular flexibility index (Phi) is 6.03. The van der Waals surface area contributed by atoms with E-state index in [1.54, 1.807) is 38.5 Å². The molecule has 0 aliphatic carbocycles. The van der Waals surface area contributed by atoms with Gasteiger partial charge in [0.05, 0.1) is 25.7 Å². The molecule has 1 fully saturated rings. The summed E-state index contributed by atoms with van der Waals surface area (Å²) in [5, 5.41) is -0.310. The van der Waals surface area contributed by atoms with E-state index in [1.807, 2.05) is 30.3 Å². The van der Waals surface area contributed by atoms with Gasteiger partial charge in [-0.05, 0) is 42.1 Å². The number of para-hydroxylation sites is 1. The Bertz CT molecular complexity index is 866. The van der Waals surface area contributed by atoms with Crippen molar-refractivity contribution in [2.45, 2.75) is 0 Å². The van der Waals surface area contributed by atoms with Crippen LogP contribution in [0.3, 0.4) is 0 Å². The molecule has 0 atom stereocenters. The highest BCUT2D eigenvalue weighted by atomic mass is 32.2. The number of carbonyl (C=O) groups is 2. The van der Waals surface area contributed by atoms with Crippen LogP contribution < -0.4 is 14.2 Å². The summed E-state index contributed by atoms with van der Waals surface area (Å²) in [6.45, 7) is 0.428. The number of carbonyl (C=O) groups excluding carboxylic acids is 2. The van der Waals surface area contributed by atoms with E-state index in [2.05, 4.69) is 0 Å². The van der Waals surface area contributed by atoms with Crippen molar-refractivity contribution in [3.05, 3.63) is 59.0 Å². The maximum absolute atomic E-state index is 12.6. The first-order valence-corrected chi connectivity index (χ1v) is 9.09. The van der Waals surface area contributed by atoms with Gasteiger partial charge in [-0.1, -0.05) is 18.2 Å². The van der Waals surface area contributed by atoms with E-state index in [0.29, 0.717) is 27.7 Å². The van der Waals surface area contributed by atoms with Crippen LogP contribution in [0.5, 0.6) is 17.2 Å². The average molecular weight is 385 g/mol. The summed E-state index contributed by atoms with van der Waals surface area (Å²) in [5.74, 6) is 1.58. The largest absolute Gasteiger partial charge is 0.497 e. The quantitative estimate of drug-likeness (QED) is 0.675. The zero-order valence-corrected chi connectivity index (χ0v) is 15.8. The van der Waals surface area contributed by atoms with Gasteiger partial charge in [0.1, 0.15) is 23.9 Å². The number of imide groups is 1. The van der Waals surface area contributed by atoms with Gasteiger partial charge < -0.3 is 14.2 Å². The van der Waals surface area contributed by atoms with E-state index < -0.39 is 0 Å². The van der Waals surface area contributed by atoms with Gasteiger partial charge in [-0.25, -0.2) is 0 Å². The maximum Gasteiger partial charge on any atom is 0.293 e. The van der Waals surface area contributed by atoms with Crippen molar-refractivity contribution in [3.63, 3.8) is 0 Å². The molecule has 0 N–H and O–H groups in total. The van der Waals surface area contributed by atoms with Crippen molar-refractivity contribution in [2.75, 3.05) is 27.4 Å². The first-order valence-electron chi connectivity index (χ1n) is 8.27. The number of methoxy groups -OCH3 is 2. The highest BCUT2D eigenvalue weighted by Crippen LogP contribution is 2.34. The molecule has 0 radical (unpaired) electrons. The van der Waals surface area contributed by atoms with Crippen molar-refractivity contribution < 1.29 is 23.8 Å². The molecule has 2 aromatic carbocycles. The van der Waals surface area contributed by atoms with Crippen LogP contribution in [0, 0.1) is 0 Å². The van der Waals surface area contributed by atoms with E-state index in [4.69, 9.17) is 14.2 Å². The van der Waals surface area contributed by atoms with Gasteiger partial charge in [-0.2, -0.15) is 0 Å². The van der Waals surface area contributed by atoms with Crippen LogP contribution in [0.25, 0.3) is 6.08 Å². The molecular formula is C20H19NO5S. The molecule has 2 amide bonds. The van der Waals surface area contributed by atoms with E-state index >= 15 is 0 Å². The monoisotopic (exact) mass is 385 g/mol. The fourth-order valence-electron chi connectivity index (χ4n) is 2.54. The summed E-state index contributed by atoms with van der Waals surface area (Å²) in [5.41, 5.74) is 0.698. The van der Waals surface area contributed by atoms with Crippen LogP contribution in [0.2, 0.25) is 0 Å². The van der Waals surface area contributed by atoms with Crippen molar-refractivity contribution in [3.8, 4) is 17.2 Å². The molecule has 2 aromatic rings. The zero-order chi connectivity index (χ0) is 19.2. The van der Waals surface area contributed by atoms with Crippen LogP contribution in [0.1, 0.15) is 5.56 Å². The lowest BCUT2D eigenvalue weighted by Gasteiger charge is -2.13. The third-order valence-electron chi connectivity index (χ3n) is 3.93. The molecule has 0 spiro atoms. The van der Waals surface area contributed by atoms with Gasteiger partial charge in [0, 0.05) is 11.6 Å². The smallest absolute Gasteiger partial charge is 0.293 e. The average Bonchev–Trinajstić information content (AvgIpc) is 2.96. The van der Waals surface area contributed by atoms with Crippen LogP contribution >= 0.6 is 11.8 Å². The minimum absolute atomic E-state index is 0.191. The summed E-state index contributed by atoms with van der Waals surface area (Å²) in [7, 11) is 3.11. The number of thioether (sulfide) groups is 1. The molecule has 27 heavy (non-hydrogen) atoms. The molecule has 0 aromatic heterocycles. The topological polar surface area (TPSA) is 65.1 Å². The third kappa shape index (κ3) is 4.43.